The maximum Gasteiger partial charge on any atom is 0.0993 e. The van der Waals surface area contributed by atoms with Gasteiger partial charge in [0, 0.05) is 11.1 Å². The Labute approximate surface area is 179 Å². The van der Waals surface area contributed by atoms with E-state index >= 15 is 0 Å². The first-order valence-corrected chi connectivity index (χ1v) is 9.30. The van der Waals surface area contributed by atoms with Crippen molar-refractivity contribution in [2.45, 2.75) is 0 Å². The van der Waals surface area contributed by atoms with Crippen molar-refractivity contribution in [3.8, 4) is 28.6 Å². The lowest BCUT2D eigenvalue weighted by Crippen LogP contribution is -1.93. The van der Waals surface area contributed by atoms with Crippen molar-refractivity contribution in [3.63, 3.8) is 0 Å². The number of nitrogens with zero attached hydrogens (tertiary/aromatic N) is 2. The molecule has 0 N–H and O–H groups in total. The van der Waals surface area contributed by atoms with Gasteiger partial charge in [-0.15, -0.1) is 0 Å². The Morgan fingerprint density at radius 2 is 1.08 bits per heavy atom. The van der Waals surface area contributed by atoms with Crippen LogP contribution in [-0.2, 0) is 0 Å². The Balaban J connectivity index is 2.26. The number of halogens is 6. The molecule has 1 heterocycles. The van der Waals surface area contributed by atoms with Crippen molar-refractivity contribution in [1.29, 1.82) is 5.26 Å². The van der Waals surface area contributed by atoms with Gasteiger partial charge in [-0.05, 0) is 36.4 Å². The first-order valence-electron chi connectivity index (χ1n) is 7.03. The van der Waals surface area contributed by atoms with Gasteiger partial charge in [0.2, 0.25) is 0 Å². The second-order valence-corrected chi connectivity index (χ2v) is 7.51. The third kappa shape index (κ3) is 3.62. The molecule has 0 amide bonds. The highest BCUT2D eigenvalue weighted by molar-refractivity contribution is 6.49. The van der Waals surface area contributed by atoms with Crippen molar-refractivity contribution >= 4 is 69.6 Å². The van der Waals surface area contributed by atoms with E-state index in [-0.39, 0.29) is 20.1 Å². The average molecular weight is 463 g/mol. The van der Waals surface area contributed by atoms with Crippen molar-refractivity contribution in [1.82, 2.24) is 4.98 Å². The number of pyridine rings is 1. The van der Waals surface area contributed by atoms with Gasteiger partial charge in [-0.3, -0.25) is 0 Å². The van der Waals surface area contributed by atoms with Crippen molar-refractivity contribution in [2.24, 2.45) is 0 Å². The summed E-state index contributed by atoms with van der Waals surface area (Å²) in [5, 5.41) is 10.9. The molecule has 0 fully saturated rings. The van der Waals surface area contributed by atoms with E-state index in [0.717, 1.165) is 0 Å². The minimum Gasteiger partial charge on any atom is -0.248 e. The lowest BCUT2D eigenvalue weighted by Gasteiger charge is -2.11. The highest BCUT2D eigenvalue weighted by atomic mass is 35.5. The van der Waals surface area contributed by atoms with Crippen LogP contribution in [0.5, 0.6) is 0 Å². The van der Waals surface area contributed by atoms with Gasteiger partial charge in [-0.1, -0.05) is 69.6 Å². The van der Waals surface area contributed by atoms with E-state index in [9.17, 15) is 5.26 Å². The molecule has 3 rings (SSSR count). The molecule has 1 aromatic heterocycles. The topological polar surface area (TPSA) is 36.7 Å². The predicted molar refractivity (Wildman–Crippen MR) is 110 cm³/mol. The summed E-state index contributed by atoms with van der Waals surface area (Å²) in [6, 6.07) is 11.9. The van der Waals surface area contributed by atoms with Gasteiger partial charge in [-0.25, -0.2) is 4.98 Å². The minimum absolute atomic E-state index is 0.212. The fraction of sp³-hybridized carbons (Fsp3) is 0. The van der Waals surface area contributed by atoms with E-state index in [1.807, 2.05) is 0 Å². The Morgan fingerprint density at radius 3 is 1.46 bits per heavy atom. The molecule has 3 aromatic rings. The molecular formula is C18H6Cl6N2. The van der Waals surface area contributed by atoms with Gasteiger partial charge in [0.05, 0.1) is 53.2 Å². The van der Waals surface area contributed by atoms with Crippen molar-refractivity contribution in [3.05, 3.63) is 72.1 Å². The monoisotopic (exact) mass is 460 g/mol. The van der Waals surface area contributed by atoms with Crippen LogP contribution in [0.2, 0.25) is 30.1 Å². The van der Waals surface area contributed by atoms with Crippen LogP contribution in [0.1, 0.15) is 5.56 Å². The third-order valence-corrected chi connectivity index (χ3v) is 6.16. The summed E-state index contributed by atoms with van der Waals surface area (Å²) in [6.45, 7) is 0. The largest absolute Gasteiger partial charge is 0.248 e. The van der Waals surface area contributed by atoms with Crippen LogP contribution in [0.15, 0.2) is 36.4 Å². The number of nitriles is 1. The molecule has 0 aliphatic carbocycles. The van der Waals surface area contributed by atoms with Crippen LogP contribution in [0.3, 0.4) is 0 Å². The summed E-state index contributed by atoms with van der Waals surface area (Å²) in [4.78, 5) is 4.56. The molecule has 0 radical (unpaired) electrons. The second kappa shape index (κ2) is 7.82. The first-order chi connectivity index (χ1) is 12.3. The lowest BCUT2D eigenvalue weighted by molar-refractivity contribution is 1.31. The molecule has 0 bridgehead atoms. The number of benzene rings is 2. The fourth-order valence-electron chi connectivity index (χ4n) is 2.32. The summed E-state index contributed by atoms with van der Waals surface area (Å²) >= 11 is 36.8. The quantitative estimate of drug-likeness (QED) is 0.360. The molecule has 0 unspecified atom stereocenters. The minimum atomic E-state index is 0.212. The molecule has 0 saturated carbocycles. The maximum atomic E-state index is 9.38. The zero-order valence-corrected chi connectivity index (χ0v) is 17.2. The van der Waals surface area contributed by atoms with Crippen molar-refractivity contribution < 1.29 is 0 Å². The maximum absolute atomic E-state index is 9.38. The molecule has 0 aliphatic heterocycles. The molecule has 26 heavy (non-hydrogen) atoms. The summed E-state index contributed by atoms with van der Waals surface area (Å²) in [5.74, 6) is 0. The molecule has 0 saturated heterocycles. The highest BCUT2D eigenvalue weighted by Crippen LogP contribution is 2.40. The Morgan fingerprint density at radius 1 is 0.654 bits per heavy atom. The van der Waals surface area contributed by atoms with Crippen LogP contribution in [-0.4, -0.2) is 4.98 Å². The Hall–Kier alpha value is -1.18. The van der Waals surface area contributed by atoms with Gasteiger partial charge >= 0.3 is 0 Å². The zero-order chi connectivity index (χ0) is 19.0. The normalized spacial score (nSPS) is 10.7. The second-order valence-electron chi connectivity index (χ2n) is 5.18. The SMILES string of the molecule is N#Cc1cc(-c2ccc(Cl)c(Cl)c2Cl)nc(-c2ccc(Cl)c(Cl)c2Cl)c1. The predicted octanol–water partition coefficient (Wildman–Crippen LogP) is 8.21. The molecule has 2 nitrogen and oxygen atoms in total. The van der Waals surface area contributed by atoms with E-state index < -0.39 is 0 Å². The molecule has 130 valence electrons. The van der Waals surface area contributed by atoms with Crippen LogP contribution in [0, 0.1) is 11.3 Å². The lowest BCUT2D eigenvalue weighted by atomic mass is 10.0. The van der Waals surface area contributed by atoms with Crippen LogP contribution >= 0.6 is 69.6 Å². The smallest absolute Gasteiger partial charge is 0.0993 e. The molecule has 0 atom stereocenters. The number of hydrogen-bond donors (Lipinski definition) is 0. The van der Waals surface area contributed by atoms with Gasteiger partial charge < -0.3 is 0 Å². The highest BCUT2D eigenvalue weighted by Gasteiger charge is 2.16. The number of hydrogen-bond acceptors (Lipinski definition) is 2. The van der Waals surface area contributed by atoms with Gasteiger partial charge in [0.25, 0.3) is 0 Å². The molecule has 2 aromatic carbocycles. The Bertz CT molecular complexity index is 997. The van der Waals surface area contributed by atoms with Gasteiger partial charge in [-0.2, -0.15) is 5.26 Å². The fourth-order valence-corrected chi connectivity index (χ4v) is 3.58. The van der Waals surface area contributed by atoms with Crippen LogP contribution < -0.4 is 0 Å². The zero-order valence-electron chi connectivity index (χ0n) is 12.6. The summed E-state index contributed by atoms with van der Waals surface area (Å²) in [6.07, 6.45) is 0. The number of rotatable bonds is 2. The van der Waals surface area contributed by atoms with Crippen LogP contribution in [0.4, 0.5) is 0 Å². The summed E-state index contributed by atoms with van der Waals surface area (Å²) < 4.78 is 0. The van der Waals surface area contributed by atoms with Gasteiger partial charge in [0.1, 0.15) is 0 Å². The molecule has 0 aliphatic rings. The van der Waals surface area contributed by atoms with E-state index in [2.05, 4.69) is 11.1 Å². The molecule has 8 heteroatoms. The Kier molecular flexibility index (Phi) is 5.89. The third-order valence-electron chi connectivity index (χ3n) is 3.58. The number of aromatic nitrogens is 1. The average Bonchev–Trinajstić information content (AvgIpc) is 2.64. The standard InChI is InChI=1S/C18H6Cl6N2/c19-11-3-1-9(15(21)17(11)23)13-5-8(7-25)6-14(26-13)10-2-4-12(20)18(24)16(10)22/h1-6H. The molecule has 0 spiro atoms. The first kappa shape index (κ1) is 19.6. The molecular weight excluding hydrogens is 457 g/mol. The summed E-state index contributed by atoms with van der Waals surface area (Å²) in [5.41, 5.74) is 2.34. The van der Waals surface area contributed by atoms with Gasteiger partial charge in [0.15, 0.2) is 0 Å². The van der Waals surface area contributed by atoms with Crippen LogP contribution in [0.25, 0.3) is 22.5 Å². The van der Waals surface area contributed by atoms with E-state index in [1.54, 1.807) is 36.4 Å². The van der Waals surface area contributed by atoms with E-state index in [4.69, 9.17) is 69.6 Å². The summed E-state index contributed by atoms with van der Waals surface area (Å²) in [7, 11) is 0. The van der Waals surface area contributed by atoms with E-state index in [0.29, 0.717) is 38.1 Å². The van der Waals surface area contributed by atoms with E-state index in [1.165, 1.54) is 0 Å². The van der Waals surface area contributed by atoms with Crippen molar-refractivity contribution in [2.75, 3.05) is 0 Å².